The van der Waals surface area contributed by atoms with Gasteiger partial charge in [0.05, 0.1) is 5.56 Å². The zero-order chi connectivity index (χ0) is 27.1. The molecule has 38 heavy (non-hydrogen) atoms. The number of fused-ring (bicyclic) bond motifs is 1. The maximum atomic E-state index is 13.3. The summed E-state index contributed by atoms with van der Waals surface area (Å²) in [7, 11) is 1.83. The van der Waals surface area contributed by atoms with Crippen molar-refractivity contribution in [2.24, 2.45) is 5.73 Å². The van der Waals surface area contributed by atoms with Crippen molar-refractivity contribution in [2.75, 3.05) is 7.05 Å². The van der Waals surface area contributed by atoms with Crippen LogP contribution in [-0.2, 0) is 0 Å². The number of nitrogens with one attached hydrogen (secondary N) is 2. The molecular weight excluding hydrogens is 476 g/mol. The number of nitrogens with two attached hydrogens (primary N) is 1. The van der Waals surface area contributed by atoms with Crippen LogP contribution in [-0.4, -0.2) is 45.8 Å². The summed E-state index contributed by atoms with van der Waals surface area (Å²) in [5.41, 5.74) is 12.2. The molecule has 3 aromatic carbocycles. The number of carbonyl (C=O) groups excluding carboxylic acids is 1. The van der Waals surface area contributed by atoms with Gasteiger partial charge in [-0.15, -0.1) is 0 Å². The lowest BCUT2D eigenvalue weighted by atomic mass is 9.82. The summed E-state index contributed by atoms with van der Waals surface area (Å²) in [6, 6.07) is 17.1. The van der Waals surface area contributed by atoms with Crippen molar-refractivity contribution in [3.05, 3.63) is 94.2 Å². The Morgan fingerprint density at radius 3 is 2.45 bits per heavy atom. The van der Waals surface area contributed by atoms with Crippen LogP contribution in [0, 0.1) is 12.3 Å². The van der Waals surface area contributed by atoms with E-state index < -0.39 is 5.97 Å². The number of aromatic nitrogens is 1. The highest BCUT2D eigenvalue weighted by molar-refractivity contribution is 6.01. The van der Waals surface area contributed by atoms with Gasteiger partial charge in [-0.05, 0) is 72.7 Å². The van der Waals surface area contributed by atoms with Crippen LogP contribution in [0.2, 0.25) is 0 Å². The lowest BCUT2D eigenvalue weighted by molar-refractivity contribution is 0.0697. The summed E-state index contributed by atoms with van der Waals surface area (Å²) in [5, 5.41) is 18.9. The van der Waals surface area contributed by atoms with Crippen molar-refractivity contribution in [1.29, 1.82) is 5.41 Å². The van der Waals surface area contributed by atoms with E-state index in [0.717, 1.165) is 52.4 Å². The van der Waals surface area contributed by atoms with E-state index in [9.17, 15) is 14.7 Å². The molecule has 1 aromatic heterocycles. The zero-order valence-corrected chi connectivity index (χ0v) is 21.8. The third-order valence-corrected chi connectivity index (χ3v) is 7.59. The van der Waals surface area contributed by atoms with E-state index in [-0.39, 0.29) is 29.3 Å². The highest BCUT2D eigenvalue weighted by atomic mass is 16.4. The van der Waals surface area contributed by atoms with E-state index in [0.29, 0.717) is 16.7 Å². The Labute approximate surface area is 221 Å². The van der Waals surface area contributed by atoms with Crippen molar-refractivity contribution in [1.82, 2.24) is 9.88 Å². The number of aromatic carboxylic acids is 1. The highest BCUT2D eigenvalue weighted by Gasteiger charge is 2.31. The maximum Gasteiger partial charge on any atom is 0.336 e. The van der Waals surface area contributed by atoms with E-state index in [4.69, 9.17) is 11.1 Å². The number of nitrogen functional groups attached to an aromatic ring is 1. The number of carboxylic acid groups (broad SMARTS) is 1. The molecule has 0 bridgehead atoms. The standard InChI is InChI=1S/C31H32N4O3/c1-4-21(27-16-34-28-15-18(29(32)33)6-12-24(27)28)22-11-7-19(30(36)35(3)20-8-9-20)14-25(22)23-10-5-17(2)13-26(23)31(37)38/h5-7,10-16,20-21,34H,4,8-9H2,1-3H3,(H3,32,33)(H,37,38). The van der Waals surface area contributed by atoms with Gasteiger partial charge in [-0.3, -0.25) is 10.2 Å². The molecule has 0 radical (unpaired) electrons. The molecule has 1 amide bonds. The molecular formula is C31H32N4O3. The van der Waals surface area contributed by atoms with Gasteiger partial charge in [-0.2, -0.15) is 0 Å². The molecule has 0 saturated heterocycles. The maximum absolute atomic E-state index is 13.3. The first kappa shape index (κ1) is 25.3. The number of aryl methyl sites for hydroxylation is 1. The smallest absolute Gasteiger partial charge is 0.336 e. The largest absolute Gasteiger partial charge is 0.478 e. The van der Waals surface area contributed by atoms with Crippen molar-refractivity contribution in [2.45, 2.75) is 45.1 Å². The molecule has 0 aliphatic heterocycles. The Bertz CT molecular complexity index is 1580. The zero-order valence-electron chi connectivity index (χ0n) is 21.8. The monoisotopic (exact) mass is 508 g/mol. The summed E-state index contributed by atoms with van der Waals surface area (Å²) in [4.78, 5) is 30.7. The van der Waals surface area contributed by atoms with Crippen LogP contribution in [0.3, 0.4) is 0 Å². The molecule has 1 atom stereocenters. The quantitative estimate of drug-likeness (QED) is 0.175. The normalized spacial score (nSPS) is 13.9. The topological polar surface area (TPSA) is 123 Å². The van der Waals surface area contributed by atoms with Gasteiger partial charge in [0, 0.05) is 47.2 Å². The van der Waals surface area contributed by atoms with Crippen molar-refractivity contribution >= 4 is 28.6 Å². The van der Waals surface area contributed by atoms with Gasteiger partial charge in [0.1, 0.15) is 5.84 Å². The van der Waals surface area contributed by atoms with Crippen molar-refractivity contribution < 1.29 is 14.7 Å². The van der Waals surface area contributed by atoms with Crippen LogP contribution in [0.1, 0.15) is 75.1 Å². The average molecular weight is 509 g/mol. The van der Waals surface area contributed by atoms with Crippen molar-refractivity contribution in [3.8, 4) is 11.1 Å². The molecule has 5 N–H and O–H groups in total. The number of benzene rings is 3. The molecule has 1 saturated carbocycles. The fourth-order valence-electron chi connectivity index (χ4n) is 5.34. The molecule has 7 nitrogen and oxygen atoms in total. The molecule has 5 rings (SSSR count). The van der Waals surface area contributed by atoms with E-state index in [2.05, 4.69) is 11.9 Å². The SMILES string of the molecule is CCC(c1ccc(C(=O)N(C)C2CC2)cc1-c1ccc(C)cc1C(=O)O)c1c[nH]c2cc(C(=N)N)ccc12. The Morgan fingerprint density at radius 1 is 1.05 bits per heavy atom. The average Bonchev–Trinajstić information content (AvgIpc) is 3.68. The highest BCUT2D eigenvalue weighted by Crippen LogP contribution is 2.40. The summed E-state index contributed by atoms with van der Waals surface area (Å²) in [5.74, 6) is -1.11. The van der Waals surface area contributed by atoms with Crippen molar-refractivity contribution in [3.63, 3.8) is 0 Å². The van der Waals surface area contributed by atoms with E-state index in [1.807, 2.05) is 68.7 Å². The van der Waals surface area contributed by atoms with Gasteiger partial charge in [0.15, 0.2) is 0 Å². The molecule has 0 spiro atoms. The second-order valence-electron chi connectivity index (χ2n) is 10.2. The predicted octanol–water partition coefficient (Wildman–Crippen LogP) is 5.90. The summed E-state index contributed by atoms with van der Waals surface area (Å²) >= 11 is 0. The lowest BCUT2D eigenvalue weighted by Gasteiger charge is -2.23. The number of hydrogen-bond acceptors (Lipinski definition) is 3. The minimum atomic E-state index is -1.00. The molecule has 1 fully saturated rings. The number of carboxylic acids is 1. The fourth-order valence-corrected chi connectivity index (χ4v) is 5.34. The third-order valence-electron chi connectivity index (χ3n) is 7.59. The first-order valence-corrected chi connectivity index (χ1v) is 12.9. The molecule has 1 unspecified atom stereocenters. The number of aromatic amines is 1. The van der Waals surface area contributed by atoms with Gasteiger partial charge < -0.3 is 20.7 Å². The molecule has 7 heteroatoms. The Kier molecular flexibility index (Phi) is 6.53. The minimum Gasteiger partial charge on any atom is -0.478 e. The van der Waals surface area contributed by atoms with Gasteiger partial charge in [0.25, 0.3) is 5.91 Å². The van der Waals surface area contributed by atoms with Crippen LogP contribution >= 0.6 is 0 Å². The summed E-state index contributed by atoms with van der Waals surface area (Å²) < 4.78 is 0. The molecule has 194 valence electrons. The minimum absolute atomic E-state index is 0.00868. The third kappa shape index (κ3) is 4.56. The Hall–Kier alpha value is -4.39. The van der Waals surface area contributed by atoms with E-state index in [1.165, 1.54) is 0 Å². The number of nitrogens with zero attached hydrogens (tertiary/aromatic N) is 1. The number of carbonyl (C=O) groups is 2. The molecule has 4 aromatic rings. The fraction of sp³-hybridized carbons (Fsp3) is 0.258. The molecule has 1 heterocycles. The molecule has 1 aliphatic rings. The van der Waals surface area contributed by atoms with Crippen LogP contribution in [0.4, 0.5) is 0 Å². The number of rotatable bonds is 8. The lowest BCUT2D eigenvalue weighted by Crippen LogP contribution is -2.28. The van der Waals surface area contributed by atoms with E-state index >= 15 is 0 Å². The van der Waals surface area contributed by atoms with Gasteiger partial charge >= 0.3 is 5.97 Å². The Morgan fingerprint density at radius 2 is 1.79 bits per heavy atom. The van der Waals surface area contributed by atoms with Gasteiger partial charge in [-0.25, -0.2) is 4.79 Å². The second kappa shape index (κ2) is 9.82. The first-order valence-electron chi connectivity index (χ1n) is 12.9. The first-order chi connectivity index (χ1) is 18.2. The summed E-state index contributed by atoms with van der Waals surface area (Å²) in [6.07, 6.45) is 4.76. The number of amidine groups is 1. The molecule has 1 aliphatic carbocycles. The predicted molar refractivity (Wildman–Crippen MR) is 150 cm³/mol. The number of H-pyrrole nitrogens is 1. The summed E-state index contributed by atoms with van der Waals surface area (Å²) in [6.45, 7) is 3.97. The van der Waals surface area contributed by atoms with Crippen LogP contribution < -0.4 is 5.73 Å². The Balaban J connectivity index is 1.70. The van der Waals surface area contributed by atoms with Crippen LogP contribution in [0.5, 0.6) is 0 Å². The van der Waals surface area contributed by atoms with Crippen LogP contribution in [0.15, 0.2) is 60.8 Å². The van der Waals surface area contributed by atoms with Crippen LogP contribution in [0.25, 0.3) is 22.0 Å². The van der Waals surface area contributed by atoms with Gasteiger partial charge in [0.2, 0.25) is 0 Å². The number of amides is 1. The second-order valence-corrected chi connectivity index (χ2v) is 10.2. The van der Waals surface area contributed by atoms with E-state index in [1.54, 1.807) is 11.0 Å². The van der Waals surface area contributed by atoms with Gasteiger partial charge in [-0.1, -0.05) is 42.8 Å². The number of hydrogen-bond donors (Lipinski definition) is 4.